The molecule has 7 nitrogen and oxygen atoms in total. The van der Waals surface area contributed by atoms with E-state index >= 15 is 0 Å². The zero-order valence-corrected chi connectivity index (χ0v) is 13.4. The van der Waals surface area contributed by atoms with Gasteiger partial charge in [-0.15, -0.1) is 0 Å². The average molecular weight is 318 g/mol. The molecule has 0 spiro atoms. The molecular formula is C16H22N4O3. The molecule has 23 heavy (non-hydrogen) atoms. The smallest absolute Gasteiger partial charge is 0.328 e. The molecule has 0 fully saturated rings. The van der Waals surface area contributed by atoms with Crippen LogP contribution in [0.1, 0.15) is 30.6 Å². The molecule has 0 saturated carbocycles. The van der Waals surface area contributed by atoms with Crippen LogP contribution in [0.15, 0.2) is 27.8 Å². The van der Waals surface area contributed by atoms with Crippen LogP contribution in [0.25, 0.3) is 10.9 Å². The summed E-state index contributed by atoms with van der Waals surface area (Å²) in [4.78, 5) is 38.7. The Morgan fingerprint density at radius 3 is 2.65 bits per heavy atom. The fraction of sp³-hybridized carbons (Fsp3) is 0.438. The van der Waals surface area contributed by atoms with Gasteiger partial charge in [-0.05, 0) is 38.1 Å². The van der Waals surface area contributed by atoms with Crippen LogP contribution in [0.3, 0.4) is 0 Å². The molecule has 2 rings (SSSR count). The number of rotatable bonds is 7. The first-order chi connectivity index (χ1) is 11.1. The Hall–Kier alpha value is -2.41. The monoisotopic (exact) mass is 318 g/mol. The van der Waals surface area contributed by atoms with E-state index in [9.17, 15) is 14.4 Å². The summed E-state index contributed by atoms with van der Waals surface area (Å²) in [7, 11) is 0. The standard InChI is InChI=1S/C16H22N4O3/c1-3-7-17-8-9-18-14(21)11-5-6-12-13(10-11)19-16(23)20(4-2)15(12)22/h5-6,10,17H,3-4,7-9H2,1-2H3,(H,18,21)(H,19,23). The van der Waals surface area contributed by atoms with Crippen LogP contribution < -0.4 is 21.9 Å². The average Bonchev–Trinajstić information content (AvgIpc) is 2.54. The third kappa shape index (κ3) is 3.87. The van der Waals surface area contributed by atoms with E-state index in [0.717, 1.165) is 17.5 Å². The molecule has 0 aliphatic carbocycles. The first-order valence-corrected chi connectivity index (χ1v) is 7.84. The molecule has 3 N–H and O–H groups in total. The molecule has 1 aromatic heterocycles. The van der Waals surface area contributed by atoms with Crippen molar-refractivity contribution in [1.29, 1.82) is 0 Å². The Morgan fingerprint density at radius 2 is 1.96 bits per heavy atom. The van der Waals surface area contributed by atoms with Crippen molar-refractivity contribution in [2.45, 2.75) is 26.8 Å². The van der Waals surface area contributed by atoms with Crippen molar-refractivity contribution in [2.24, 2.45) is 0 Å². The van der Waals surface area contributed by atoms with Crippen molar-refractivity contribution in [3.8, 4) is 0 Å². The lowest BCUT2D eigenvalue weighted by atomic mass is 10.1. The van der Waals surface area contributed by atoms with Crippen LogP contribution in [0.5, 0.6) is 0 Å². The van der Waals surface area contributed by atoms with Crippen LogP contribution in [-0.4, -0.2) is 35.1 Å². The van der Waals surface area contributed by atoms with Crippen molar-refractivity contribution < 1.29 is 4.79 Å². The van der Waals surface area contributed by atoms with E-state index in [-0.39, 0.29) is 11.5 Å². The summed E-state index contributed by atoms with van der Waals surface area (Å²) in [5, 5.41) is 6.39. The topological polar surface area (TPSA) is 96.0 Å². The van der Waals surface area contributed by atoms with Gasteiger partial charge in [0.1, 0.15) is 0 Å². The van der Waals surface area contributed by atoms with E-state index in [4.69, 9.17) is 0 Å². The maximum Gasteiger partial charge on any atom is 0.328 e. The summed E-state index contributed by atoms with van der Waals surface area (Å²) < 4.78 is 1.13. The summed E-state index contributed by atoms with van der Waals surface area (Å²) in [5.74, 6) is -0.231. The van der Waals surface area contributed by atoms with Crippen molar-refractivity contribution in [2.75, 3.05) is 19.6 Å². The molecule has 124 valence electrons. The molecule has 0 aliphatic heterocycles. The lowest BCUT2D eigenvalue weighted by Gasteiger charge is -2.08. The number of nitrogens with zero attached hydrogens (tertiary/aromatic N) is 1. The second-order valence-corrected chi connectivity index (χ2v) is 5.25. The Kier molecular flexibility index (Phi) is 5.70. The number of fused-ring (bicyclic) bond motifs is 1. The number of carbonyl (C=O) groups is 1. The van der Waals surface area contributed by atoms with Crippen LogP contribution in [-0.2, 0) is 6.54 Å². The molecule has 0 atom stereocenters. The zero-order valence-electron chi connectivity index (χ0n) is 13.4. The number of H-pyrrole nitrogens is 1. The summed E-state index contributed by atoms with van der Waals surface area (Å²) in [6.07, 6.45) is 1.04. The van der Waals surface area contributed by atoms with Gasteiger partial charge >= 0.3 is 5.69 Å². The SMILES string of the molecule is CCCNCCNC(=O)c1ccc2c(=O)n(CC)c(=O)[nH]c2c1. The molecule has 7 heteroatoms. The predicted octanol–water partition coefficient (Wildman–Crippen LogP) is 0.439. The van der Waals surface area contributed by atoms with Crippen molar-refractivity contribution in [3.63, 3.8) is 0 Å². The minimum atomic E-state index is -0.466. The number of hydrogen-bond acceptors (Lipinski definition) is 4. The van der Waals surface area contributed by atoms with Gasteiger partial charge < -0.3 is 15.6 Å². The highest BCUT2D eigenvalue weighted by Gasteiger charge is 2.10. The Bertz CT molecular complexity index is 807. The molecule has 0 aliphatic rings. The quantitative estimate of drug-likeness (QED) is 0.645. The summed E-state index contributed by atoms with van der Waals surface area (Å²) >= 11 is 0. The van der Waals surface area contributed by atoms with Gasteiger partial charge in [-0.1, -0.05) is 6.92 Å². The highest BCUT2D eigenvalue weighted by molar-refractivity contribution is 5.97. The molecule has 1 aromatic carbocycles. The van der Waals surface area contributed by atoms with Gasteiger partial charge in [-0.3, -0.25) is 14.2 Å². The summed E-state index contributed by atoms with van der Waals surface area (Å²) in [6, 6.07) is 4.70. The predicted molar refractivity (Wildman–Crippen MR) is 90.0 cm³/mol. The van der Waals surface area contributed by atoms with E-state index < -0.39 is 5.69 Å². The molecule has 0 saturated heterocycles. The minimum absolute atomic E-state index is 0.231. The van der Waals surface area contributed by atoms with Gasteiger partial charge in [0, 0.05) is 25.2 Å². The van der Waals surface area contributed by atoms with Gasteiger partial charge in [-0.2, -0.15) is 0 Å². The van der Waals surface area contributed by atoms with Crippen molar-refractivity contribution in [3.05, 3.63) is 44.6 Å². The molecule has 2 aromatic rings. The van der Waals surface area contributed by atoms with E-state index in [1.54, 1.807) is 19.1 Å². The number of amides is 1. The molecule has 0 bridgehead atoms. The summed E-state index contributed by atoms with van der Waals surface area (Å²) in [6.45, 7) is 6.24. The fourth-order valence-corrected chi connectivity index (χ4v) is 2.35. The number of aromatic amines is 1. The highest BCUT2D eigenvalue weighted by Crippen LogP contribution is 2.09. The molecular weight excluding hydrogens is 296 g/mol. The zero-order chi connectivity index (χ0) is 16.8. The number of nitrogens with one attached hydrogen (secondary N) is 3. The first-order valence-electron chi connectivity index (χ1n) is 7.84. The van der Waals surface area contributed by atoms with Gasteiger partial charge in [0.05, 0.1) is 10.9 Å². The number of carbonyl (C=O) groups excluding carboxylic acids is 1. The first kappa shape index (κ1) is 17.0. The van der Waals surface area contributed by atoms with E-state index in [2.05, 4.69) is 22.5 Å². The van der Waals surface area contributed by atoms with Crippen LogP contribution in [0.4, 0.5) is 0 Å². The molecule has 1 amide bonds. The largest absolute Gasteiger partial charge is 0.351 e. The van der Waals surface area contributed by atoms with Gasteiger partial charge in [-0.25, -0.2) is 4.79 Å². The molecule has 0 radical (unpaired) electrons. The second kappa shape index (κ2) is 7.73. The molecule has 1 heterocycles. The van der Waals surface area contributed by atoms with E-state index in [0.29, 0.717) is 36.1 Å². The minimum Gasteiger partial charge on any atom is -0.351 e. The third-order valence-electron chi connectivity index (χ3n) is 3.57. The maximum absolute atomic E-state index is 12.2. The normalized spacial score (nSPS) is 10.9. The number of benzene rings is 1. The van der Waals surface area contributed by atoms with Crippen LogP contribution in [0, 0.1) is 0 Å². The Balaban J connectivity index is 2.19. The summed E-state index contributed by atoms with van der Waals surface area (Å²) in [5.41, 5.74) is -0.0213. The molecule has 0 unspecified atom stereocenters. The van der Waals surface area contributed by atoms with Crippen LogP contribution >= 0.6 is 0 Å². The highest BCUT2D eigenvalue weighted by atomic mass is 16.2. The van der Waals surface area contributed by atoms with Gasteiger partial charge in [0.25, 0.3) is 11.5 Å². The Morgan fingerprint density at radius 1 is 1.17 bits per heavy atom. The third-order valence-corrected chi connectivity index (χ3v) is 3.57. The van der Waals surface area contributed by atoms with Crippen molar-refractivity contribution in [1.82, 2.24) is 20.2 Å². The van der Waals surface area contributed by atoms with E-state index in [1.807, 2.05) is 0 Å². The fourth-order valence-electron chi connectivity index (χ4n) is 2.35. The Labute approximate surface area is 133 Å². The number of aromatic nitrogens is 2. The lowest BCUT2D eigenvalue weighted by molar-refractivity contribution is 0.0954. The van der Waals surface area contributed by atoms with Crippen LogP contribution in [0.2, 0.25) is 0 Å². The number of hydrogen-bond donors (Lipinski definition) is 3. The maximum atomic E-state index is 12.2. The van der Waals surface area contributed by atoms with Crippen molar-refractivity contribution >= 4 is 16.8 Å². The van der Waals surface area contributed by atoms with Gasteiger partial charge in [0.2, 0.25) is 0 Å². The van der Waals surface area contributed by atoms with Gasteiger partial charge in [0.15, 0.2) is 0 Å². The second-order valence-electron chi connectivity index (χ2n) is 5.25. The van der Waals surface area contributed by atoms with E-state index in [1.165, 1.54) is 6.07 Å². The lowest BCUT2D eigenvalue weighted by Crippen LogP contribution is -2.34.